The van der Waals surface area contributed by atoms with Gasteiger partial charge in [-0.1, -0.05) is 18.2 Å². The van der Waals surface area contributed by atoms with Gasteiger partial charge in [0.1, 0.15) is 0 Å². The fourth-order valence-electron chi connectivity index (χ4n) is 1.86. The smallest absolute Gasteiger partial charge is 0.274 e. The van der Waals surface area contributed by atoms with Crippen molar-refractivity contribution in [3.8, 4) is 0 Å². The van der Waals surface area contributed by atoms with E-state index in [2.05, 4.69) is 15.9 Å². The van der Waals surface area contributed by atoms with Crippen molar-refractivity contribution in [1.82, 2.24) is 4.57 Å². The average molecular weight is 323 g/mol. The van der Waals surface area contributed by atoms with Gasteiger partial charge in [0.2, 0.25) is 0 Å². The zero-order valence-corrected chi connectivity index (χ0v) is 11.8. The molecule has 2 rings (SSSR count). The molecule has 0 aliphatic carbocycles. The third-order valence-corrected chi connectivity index (χ3v) is 3.19. The number of pyridine rings is 1. The Morgan fingerprint density at radius 2 is 2.05 bits per heavy atom. The lowest BCUT2D eigenvalue weighted by molar-refractivity contribution is -0.385. The lowest BCUT2D eigenvalue weighted by atomic mass is 10.1. The van der Waals surface area contributed by atoms with Crippen LogP contribution < -0.4 is 5.56 Å². The zero-order valence-electron chi connectivity index (χ0n) is 10.2. The molecule has 2 aromatic rings. The Bertz CT molecular complexity index is 695. The first-order chi connectivity index (χ1) is 8.99. The van der Waals surface area contributed by atoms with Crippen molar-refractivity contribution in [2.45, 2.75) is 13.5 Å². The van der Waals surface area contributed by atoms with Crippen molar-refractivity contribution in [2.24, 2.45) is 0 Å². The molecule has 0 fully saturated rings. The van der Waals surface area contributed by atoms with Crippen LogP contribution in [0.25, 0.3) is 0 Å². The number of hydrogen-bond acceptors (Lipinski definition) is 3. The van der Waals surface area contributed by atoms with Crippen molar-refractivity contribution in [1.29, 1.82) is 0 Å². The summed E-state index contributed by atoms with van der Waals surface area (Å²) < 4.78 is 2.23. The van der Waals surface area contributed by atoms with Crippen LogP contribution in [-0.2, 0) is 6.54 Å². The fourth-order valence-corrected chi connectivity index (χ4v) is 2.45. The molecule has 0 spiro atoms. The van der Waals surface area contributed by atoms with Crippen molar-refractivity contribution in [3.05, 3.63) is 72.6 Å². The highest BCUT2D eigenvalue weighted by molar-refractivity contribution is 9.10. The molecule has 5 nitrogen and oxygen atoms in total. The van der Waals surface area contributed by atoms with Crippen LogP contribution >= 0.6 is 15.9 Å². The van der Waals surface area contributed by atoms with Gasteiger partial charge in [0.15, 0.2) is 0 Å². The molecule has 0 amide bonds. The van der Waals surface area contributed by atoms with Gasteiger partial charge in [0, 0.05) is 27.9 Å². The van der Waals surface area contributed by atoms with E-state index < -0.39 is 4.92 Å². The summed E-state index contributed by atoms with van der Waals surface area (Å²) in [5.74, 6) is 0. The Kier molecular flexibility index (Phi) is 3.80. The van der Waals surface area contributed by atoms with E-state index >= 15 is 0 Å². The summed E-state index contributed by atoms with van der Waals surface area (Å²) in [5, 5.41) is 10.9. The van der Waals surface area contributed by atoms with Gasteiger partial charge in [-0.15, -0.1) is 0 Å². The van der Waals surface area contributed by atoms with E-state index in [0.29, 0.717) is 11.1 Å². The van der Waals surface area contributed by atoms with Gasteiger partial charge in [0.25, 0.3) is 11.2 Å². The van der Waals surface area contributed by atoms with Gasteiger partial charge in [0.05, 0.1) is 11.5 Å². The van der Waals surface area contributed by atoms with Gasteiger partial charge in [-0.05, 0) is 28.9 Å². The van der Waals surface area contributed by atoms with Crippen LogP contribution in [0.15, 0.2) is 45.8 Å². The van der Waals surface area contributed by atoms with Crippen LogP contribution in [0.2, 0.25) is 0 Å². The zero-order chi connectivity index (χ0) is 14.0. The van der Waals surface area contributed by atoms with Crippen LogP contribution in [0.1, 0.15) is 11.1 Å². The first-order valence-corrected chi connectivity index (χ1v) is 6.37. The SMILES string of the molecule is Cc1cc(Br)cn(Cc2ccccc2[N+](=O)[O-])c1=O. The summed E-state index contributed by atoms with van der Waals surface area (Å²) in [4.78, 5) is 22.5. The van der Waals surface area contributed by atoms with Crippen molar-refractivity contribution in [2.75, 3.05) is 0 Å². The molecular weight excluding hydrogens is 312 g/mol. The monoisotopic (exact) mass is 322 g/mol. The van der Waals surface area contributed by atoms with E-state index in [1.54, 1.807) is 37.4 Å². The molecule has 0 aliphatic rings. The number of nitro benzene ring substituents is 1. The van der Waals surface area contributed by atoms with E-state index in [-0.39, 0.29) is 17.8 Å². The molecular formula is C13H11BrN2O3. The molecule has 0 radical (unpaired) electrons. The second-order valence-electron chi connectivity index (χ2n) is 4.16. The van der Waals surface area contributed by atoms with Crippen LogP contribution in [0.4, 0.5) is 5.69 Å². The normalized spacial score (nSPS) is 10.4. The summed E-state index contributed by atoms with van der Waals surface area (Å²) in [6, 6.07) is 8.14. The van der Waals surface area contributed by atoms with Gasteiger partial charge >= 0.3 is 0 Å². The van der Waals surface area contributed by atoms with E-state index in [9.17, 15) is 14.9 Å². The third kappa shape index (κ3) is 2.90. The molecule has 0 N–H and O–H groups in total. The van der Waals surface area contributed by atoms with Gasteiger partial charge in [-0.2, -0.15) is 0 Å². The van der Waals surface area contributed by atoms with Crippen molar-refractivity contribution in [3.63, 3.8) is 0 Å². The first kappa shape index (κ1) is 13.5. The molecule has 6 heteroatoms. The predicted molar refractivity (Wildman–Crippen MR) is 75.3 cm³/mol. The Hall–Kier alpha value is -1.95. The van der Waals surface area contributed by atoms with Crippen LogP contribution in [0.5, 0.6) is 0 Å². The maximum absolute atomic E-state index is 12.0. The fraction of sp³-hybridized carbons (Fsp3) is 0.154. The number of aromatic nitrogens is 1. The number of nitro groups is 1. The number of aryl methyl sites for hydroxylation is 1. The minimum atomic E-state index is -0.439. The molecule has 0 unspecified atom stereocenters. The van der Waals surface area contributed by atoms with Gasteiger partial charge in [-0.3, -0.25) is 14.9 Å². The molecule has 1 heterocycles. The third-order valence-electron chi connectivity index (χ3n) is 2.76. The van der Waals surface area contributed by atoms with Crippen molar-refractivity contribution < 1.29 is 4.92 Å². The molecule has 0 bridgehead atoms. The number of rotatable bonds is 3. The molecule has 0 aliphatic heterocycles. The number of nitrogens with zero attached hydrogens (tertiary/aromatic N) is 2. The predicted octanol–water partition coefficient (Wildman–Crippen LogP) is 2.88. The van der Waals surface area contributed by atoms with E-state index in [1.165, 1.54) is 10.6 Å². The van der Waals surface area contributed by atoms with Crippen molar-refractivity contribution >= 4 is 21.6 Å². The van der Waals surface area contributed by atoms with Crippen LogP contribution in [0, 0.1) is 17.0 Å². The van der Waals surface area contributed by atoms with Gasteiger partial charge < -0.3 is 4.57 Å². The maximum atomic E-state index is 12.0. The average Bonchev–Trinajstić information content (AvgIpc) is 2.35. The molecule has 0 atom stereocenters. The summed E-state index contributed by atoms with van der Waals surface area (Å²) in [6.07, 6.45) is 1.63. The number of para-hydroxylation sites is 1. The summed E-state index contributed by atoms with van der Waals surface area (Å²) in [6.45, 7) is 1.89. The van der Waals surface area contributed by atoms with E-state index in [4.69, 9.17) is 0 Å². The summed E-state index contributed by atoms with van der Waals surface area (Å²) >= 11 is 3.31. The van der Waals surface area contributed by atoms with Crippen LogP contribution in [0.3, 0.4) is 0 Å². The molecule has 1 aromatic carbocycles. The highest BCUT2D eigenvalue weighted by Gasteiger charge is 2.13. The molecule has 0 saturated heterocycles. The maximum Gasteiger partial charge on any atom is 0.274 e. The Balaban J connectivity index is 2.48. The Morgan fingerprint density at radius 1 is 1.37 bits per heavy atom. The first-order valence-electron chi connectivity index (χ1n) is 5.58. The highest BCUT2D eigenvalue weighted by Crippen LogP contribution is 2.19. The number of benzene rings is 1. The summed E-state index contributed by atoms with van der Waals surface area (Å²) in [7, 11) is 0. The molecule has 0 saturated carbocycles. The number of halogens is 1. The molecule has 1 aromatic heterocycles. The topological polar surface area (TPSA) is 65.1 Å². The molecule has 19 heavy (non-hydrogen) atoms. The lowest BCUT2D eigenvalue weighted by Gasteiger charge is -2.08. The lowest BCUT2D eigenvalue weighted by Crippen LogP contribution is -2.22. The second-order valence-corrected chi connectivity index (χ2v) is 5.08. The van der Waals surface area contributed by atoms with E-state index in [0.717, 1.165) is 4.47 Å². The quantitative estimate of drug-likeness (QED) is 0.644. The van der Waals surface area contributed by atoms with E-state index in [1.807, 2.05) is 0 Å². The van der Waals surface area contributed by atoms with Gasteiger partial charge in [-0.25, -0.2) is 0 Å². The minimum Gasteiger partial charge on any atom is -0.309 e. The largest absolute Gasteiger partial charge is 0.309 e. The second kappa shape index (κ2) is 5.36. The summed E-state index contributed by atoms with van der Waals surface area (Å²) in [5.41, 5.74) is 0.966. The standard InChI is InChI=1S/C13H11BrN2O3/c1-9-6-11(14)8-15(13(9)17)7-10-4-2-3-5-12(10)16(18)19/h2-6,8H,7H2,1H3. The molecule has 98 valence electrons. The minimum absolute atomic E-state index is 0.0204. The highest BCUT2D eigenvalue weighted by atomic mass is 79.9. The number of hydrogen-bond donors (Lipinski definition) is 0. The Labute approximate surface area is 117 Å². The van der Waals surface area contributed by atoms with Crippen LogP contribution in [-0.4, -0.2) is 9.49 Å². The Morgan fingerprint density at radius 3 is 2.74 bits per heavy atom.